The van der Waals surface area contributed by atoms with E-state index in [0.29, 0.717) is 0 Å². The van der Waals surface area contributed by atoms with Crippen molar-refractivity contribution in [1.29, 1.82) is 0 Å². The second kappa shape index (κ2) is 3.70. The molecule has 1 rings (SSSR count). The van der Waals surface area contributed by atoms with Gasteiger partial charge in [-0.1, -0.05) is 37.3 Å². The first kappa shape index (κ1) is 9.23. The van der Waals surface area contributed by atoms with Gasteiger partial charge < -0.3 is 10.8 Å². The summed E-state index contributed by atoms with van der Waals surface area (Å²) >= 11 is 0. The fraction of sp³-hybridized carbons (Fsp3) is 0.400. The highest BCUT2D eigenvalue weighted by atomic mass is 16.3. The van der Waals surface area contributed by atoms with E-state index in [0.717, 1.165) is 12.0 Å². The summed E-state index contributed by atoms with van der Waals surface area (Å²) in [6, 6.07) is 9.70. The Morgan fingerprint density at radius 1 is 1.33 bits per heavy atom. The molecule has 0 amide bonds. The van der Waals surface area contributed by atoms with Crippen molar-refractivity contribution >= 4 is 0 Å². The predicted octanol–water partition coefficient (Wildman–Crippen LogP) is 1.24. The van der Waals surface area contributed by atoms with Crippen molar-refractivity contribution in [2.45, 2.75) is 18.9 Å². The van der Waals surface area contributed by atoms with Crippen LogP contribution in [0.25, 0.3) is 0 Å². The van der Waals surface area contributed by atoms with E-state index < -0.39 is 5.54 Å². The van der Waals surface area contributed by atoms with E-state index in [1.54, 1.807) is 0 Å². The number of hydrogen-bond acceptors (Lipinski definition) is 2. The molecule has 0 aliphatic rings. The number of aliphatic hydroxyl groups excluding tert-OH is 1. The summed E-state index contributed by atoms with van der Waals surface area (Å²) < 4.78 is 0. The Balaban J connectivity index is 2.95. The maximum Gasteiger partial charge on any atom is 0.0653 e. The van der Waals surface area contributed by atoms with E-state index in [4.69, 9.17) is 10.8 Å². The molecule has 12 heavy (non-hydrogen) atoms. The molecule has 0 aliphatic carbocycles. The molecule has 66 valence electrons. The van der Waals surface area contributed by atoms with E-state index in [1.165, 1.54) is 0 Å². The summed E-state index contributed by atoms with van der Waals surface area (Å²) in [5.74, 6) is 0. The molecular formula is C10H15NO. The van der Waals surface area contributed by atoms with Crippen molar-refractivity contribution in [2.75, 3.05) is 6.61 Å². The molecule has 0 fully saturated rings. The van der Waals surface area contributed by atoms with Gasteiger partial charge in [-0.25, -0.2) is 0 Å². The van der Waals surface area contributed by atoms with Gasteiger partial charge in [0.15, 0.2) is 0 Å². The molecule has 0 aliphatic heterocycles. The van der Waals surface area contributed by atoms with Crippen LogP contribution in [0.15, 0.2) is 30.3 Å². The van der Waals surface area contributed by atoms with E-state index in [1.807, 2.05) is 37.3 Å². The highest BCUT2D eigenvalue weighted by molar-refractivity contribution is 5.23. The van der Waals surface area contributed by atoms with Crippen LogP contribution in [0.1, 0.15) is 18.9 Å². The van der Waals surface area contributed by atoms with Crippen LogP contribution < -0.4 is 5.73 Å². The van der Waals surface area contributed by atoms with Gasteiger partial charge in [0.25, 0.3) is 0 Å². The highest BCUT2D eigenvalue weighted by Gasteiger charge is 2.23. The molecule has 0 aromatic heterocycles. The number of aliphatic hydroxyl groups is 1. The molecule has 2 nitrogen and oxygen atoms in total. The van der Waals surface area contributed by atoms with Crippen LogP contribution in [0.3, 0.4) is 0 Å². The third-order valence-corrected chi connectivity index (χ3v) is 2.26. The van der Waals surface area contributed by atoms with E-state index in [2.05, 4.69) is 0 Å². The van der Waals surface area contributed by atoms with Gasteiger partial charge in [0.2, 0.25) is 0 Å². The molecule has 1 atom stereocenters. The zero-order valence-electron chi connectivity index (χ0n) is 7.33. The minimum Gasteiger partial charge on any atom is -0.394 e. The molecule has 0 radical (unpaired) electrons. The Hall–Kier alpha value is -0.860. The zero-order valence-corrected chi connectivity index (χ0v) is 7.33. The summed E-state index contributed by atoms with van der Waals surface area (Å²) in [5, 5.41) is 9.11. The van der Waals surface area contributed by atoms with Crippen LogP contribution in [0.2, 0.25) is 0 Å². The number of rotatable bonds is 3. The third-order valence-electron chi connectivity index (χ3n) is 2.26. The molecule has 3 N–H and O–H groups in total. The lowest BCUT2D eigenvalue weighted by atomic mass is 9.89. The molecule has 0 spiro atoms. The van der Waals surface area contributed by atoms with Crippen LogP contribution in [-0.4, -0.2) is 11.7 Å². The van der Waals surface area contributed by atoms with Crippen LogP contribution in [-0.2, 0) is 5.54 Å². The van der Waals surface area contributed by atoms with Gasteiger partial charge in [0, 0.05) is 0 Å². The monoisotopic (exact) mass is 165 g/mol. The molecular weight excluding hydrogens is 150 g/mol. The van der Waals surface area contributed by atoms with Crippen LogP contribution >= 0.6 is 0 Å². The smallest absolute Gasteiger partial charge is 0.0653 e. The second-order valence-electron chi connectivity index (χ2n) is 3.03. The fourth-order valence-electron chi connectivity index (χ4n) is 1.18. The molecule has 0 bridgehead atoms. The first-order chi connectivity index (χ1) is 5.73. The highest BCUT2D eigenvalue weighted by Crippen LogP contribution is 2.20. The first-order valence-corrected chi connectivity index (χ1v) is 4.18. The molecule has 1 aromatic carbocycles. The summed E-state index contributed by atoms with van der Waals surface area (Å²) in [7, 11) is 0. The SMILES string of the molecule is CC[C@](N)(CO)c1ccccc1. The van der Waals surface area contributed by atoms with E-state index >= 15 is 0 Å². The quantitative estimate of drug-likeness (QED) is 0.708. The van der Waals surface area contributed by atoms with Gasteiger partial charge in [-0.3, -0.25) is 0 Å². The maximum absolute atomic E-state index is 9.11. The molecule has 0 saturated heterocycles. The van der Waals surface area contributed by atoms with Gasteiger partial charge in [0.1, 0.15) is 0 Å². The number of benzene rings is 1. The minimum atomic E-state index is -0.568. The van der Waals surface area contributed by atoms with Gasteiger partial charge in [0.05, 0.1) is 12.1 Å². The summed E-state index contributed by atoms with van der Waals surface area (Å²) in [6.07, 6.45) is 0.744. The lowest BCUT2D eigenvalue weighted by Gasteiger charge is -2.25. The molecule has 0 saturated carbocycles. The first-order valence-electron chi connectivity index (χ1n) is 4.18. The van der Waals surface area contributed by atoms with Gasteiger partial charge >= 0.3 is 0 Å². The van der Waals surface area contributed by atoms with Gasteiger partial charge in [-0.15, -0.1) is 0 Å². The molecule has 0 heterocycles. The van der Waals surface area contributed by atoms with Crippen LogP contribution in [0.5, 0.6) is 0 Å². The lowest BCUT2D eigenvalue weighted by molar-refractivity contribution is 0.192. The Bertz CT molecular complexity index is 229. The lowest BCUT2D eigenvalue weighted by Crippen LogP contribution is -2.39. The standard InChI is InChI=1S/C10H15NO/c1-2-10(11,8-12)9-6-4-3-5-7-9/h3-7,12H,2,8,11H2,1H3/t10-/m0/s1. The fourth-order valence-corrected chi connectivity index (χ4v) is 1.18. The van der Waals surface area contributed by atoms with Crippen molar-refractivity contribution in [2.24, 2.45) is 5.73 Å². The molecule has 1 aromatic rings. The normalized spacial score (nSPS) is 15.6. The van der Waals surface area contributed by atoms with E-state index in [9.17, 15) is 0 Å². The topological polar surface area (TPSA) is 46.2 Å². The zero-order chi connectivity index (χ0) is 9.03. The Labute approximate surface area is 73.0 Å². The average molecular weight is 165 g/mol. The van der Waals surface area contributed by atoms with Crippen molar-refractivity contribution < 1.29 is 5.11 Å². The molecule has 0 unspecified atom stereocenters. The summed E-state index contributed by atoms with van der Waals surface area (Å²) in [4.78, 5) is 0. The Morgan fingerprint density at radius 3 is 2.33 bits per heavy atom. The second-order valence-corrected chi connectivity index (χ2v) is 3.03. The van der Waals surface area contributed by atoms with Crippen molar-refractivity contribution in [3.8, 4) is 0 Å². The summed E-state index contributed by atoms with van der Waals surface area (Å²) in [6.45, 7) is 1.97. The maximum atomic E-state index is 9.11. The van der Waals surface area contributed by atoms with Gasteiger partial charge in [-0.05, 0) is 12.0 Å². The number of hydrogen-bond donors (Lipinski definition) is 2. The average Bonchev–Trinajstić information content (AvgIpc) is 2.18. The Morgan fingerprint density at radius 2 is 1.92 bits per heavy atom. The predicted molar refractivity (Wildman–Crippen MR) is 49.7 cm³/mol. The van der Waals surface area contributed by atoms with E-state index in [-0.39, 0.29) is 6.61 Å². The molecule has 2 heteroatoms. The van der Waals surface area contributed by atoms with Crippen molar-refractivity contribution in [1.82, 2.24) is 0 Å². The van der Waals surface area contributed by atoms with Gasteiger partial charge in [-0.2, -0.15) is 0 Å². The summed E-state index contributed by atoms with van der Waals surface area (Å²) in [5.41, 5.74) is 6.40. The van der Waals surface area contributed by atoms with Crippen molar-refractivity contribution in [3.63, 3.8) is 0 Å². The largest absolute Gasteiger partial charge is 0.394 e. The number of nitrogens with two attached hydrogens (primary N) is 1. The third kappa shape index (κ3) is 1.65. The Kier molecular flexibility index (Phi) is 2.84. The van der Waals surface area contributed by atoms with Crippen LogP contribution in [0, 0.1) is 0 Å². The van der Waals surface area contributed by atoms with Crippen molar-refractivity contribution in [3.05, 3.63) is 35.9 Å². The van der Waals surface area contributed by atoms with Crippen LogP contribution in [0.4, 0.5) is 0 Å². The minimum absolute atomic E-state index is 0.00644.